The Morgan fingerprint density at radius 2 is 1.81 bits per heavy atom. The van der Waals surface area contributed by atoms with Crippen molar-refractivity contribution in [2.45, 2.75) is 25.6 Å². The fourth-order valence-electron chi connectivity index (χ4n) is 1.25. The molecule has 1 aromatic rings. The summed E-state index contributed by atoms with van der Waals surface area (Å²) in [6.07, 6.45) is 2.71. The summed E-state index contributed by atoms with van der Waals surface area (Å²) in [5.41, 5.74) is 0.949. The quantitative estimate of drug-likeness (QED) is 0.565. The molecule has 0 fully saturated rings. The van der Waals surface area contributed by atoms with Crippen molar-refractivity contribution in [3.05, 3.63) is 29.8 Å². The highest BCUT2D eigenvalue weighted by atomic mass is 19.4. The molecular formula is C12H11F3O. The van der Waals surface area contributed by atoms with Crippen molar-refractivity contribution < 1.29 is 17.9 Å². The van der Waals surface area contributed by atoms with E-state index in [0.717, 1.165) is 18.4 Å². The lowest BCUT2D eigenvalue weighted by Gasteiger charge is -2.08. The van der Waals surface area contributed by atoms with Gasteiger partial charge < -0.3 is 4.74 Å². The average Bonchev–Trinajstić information content (AvgIpc) is 2.19. The maximum Gasteiger partial charge on any atom is 0.573 e. The summed E-state index contributed by atoms with van der Waals surface area (Å²) >= 11 is 0. The van der Waals surface area contributed by atoms with E-state index in [1.807, 2.05) is 0 Å². The van der Waals surface area contributed by atoms with Gasteiger partial charge in [-0.25, -0.2) is 0 Å². The van der Waals surface area contributed by atoms with Gasteiger partial charge in [-0.05, 0) is 30.5 Å². The maximum atomic E-state index is 11.8. The third-order valence-electron chi connectivity index (χ3n) is 1.94. The topological polar surface area (TPSA) is 9.23 Å². The van der Waals surface area contributed by atoms with Crippen LogP contribution in [-0.2, 0) is 6.42 Å². The summed E-state index contributed by atoms with van der Waals surface area (Å²) in [5.74, 6) is 2.31. The lowest BCUT2D eigenvalue weighted by atomic mass is 10.1. The monoisotopic (exact) mass is 228 g/mol. The van der Waals surface area contributed by atoms with E-state index in [2.05, 4.69) is 10.7 Å². The molecule has 1 aromatic carbocycles. The number of rotatable bonds is 4. The van der Waals surface area contributed by atoms with Gasteiger partial charge in [0.05, 0.1) is 0 Å². The molecule has 0 amide bonds. The molecule has 1 rings (SSSR count). The van der Waals surface area contributed by atoms with Crippen molar-refractivity contribution in [2.24, 2.45) is 0 Å². The van der Waals surface area contributed by atoms with Gasteiger partial charge in [0.1, 0.15) is 5.75 Å². The van der Waals surface area contributed by atoms with E-state index in [-0.39, 0.29) is 5.75 Å². The van der Waals surface area contributed by atoms with Gasteiger partial charge in [-0.15, -0.1) is 25.5 Å². The summed E-state index contributed by atoms with van der Waals surface area (Å²) in [7, 11) is 0. The molecule has 0 aliphatic rings. The second kappa shape index (κ2) is 5.45. The molecular weight excluding hydrogens is 217 g/mol. The predicted molar refractivity (Wildman–Crippen MR) is 54.9 cm³/mol. The number of ether oxygens (including phenoxy) is 1. The van der Waals surface area contributed by atoms with Crippen molar-refractivity contribution in [2.75, 3.05) is 0 Å². The Kier molecular flexibility index (Phi) is 4.24. The number of benzene rings is 1. The predicted octanol–water partition coefficient (Wildman–Crippen LogP) is 3.54. The smallest absolute Gasteiger partial charge is 0.406 e. The van der Waals surface area contributed by atoms with Gasteiger partial charge in [-0.2, -0.15) is 0 Å². The molecule has 0 aromatic heterocycles. The summed E-state index contributed by atoms with van der Waals surface area (Å²) in [5, 5.41) is 0. The second-order valence-electron chi connectivity index (χ2n) is 3.25. The zero-order chi connectivity index (χ0) is 12.0. The highest BCUT2D eigenvalue weighted by molar-refractivity contribution is 5.27. The summed E-state index contributed by atoms with van der Waals surface area (Å²) in [4.78, 5) is 0. The number of hydrogen-bond acceptors (Lipinski definition) is 1. The standard InChI is InChI=1S/C12H11F3O/c1-2-3-4-5-10-6-8-11(9-7-10)16-12(13,14)15/h1,6-9H,3-5H2. The minimum atomic E-state index is -4.63. The van der Waals surface area contributed by atoms with Crippen LogP contribution in [0.5, 0.6) is 5.75 Å². The van der Waals surface area contributed by atoms with Gasteiger partial charge in [0.25, 0.3) is 0 Å². The number of terminal acetylenes is 1. The Morgan fingerprint density at radius 3 is 2.31 bits per heavy atom. The van der Waals surface area contributed by atoms with Gasteiger partial charge in [0.15, 0.2) is 0 Å². The van der Waals surface area contributed by atoms with E-state index < -0.39 is 6.36 Å². The molecule has 0 N–H and O–H groups in total. The van der Waals surface area contributed by atoms with Gasteiger partial charge in [-0.3, -0.25) is 0 Å². The molecule has 0 unspecified atom stereocenters. The van der Waals surface area contributed by atoms with E-state index >= 15 is 0 Å². The second-order valence-corrected chi connectivity index (χ2v) is 3.25. The van der Waals surface area contributed by atoms with Crippen LogP contribution in [0, 0.1) is 12.3 Å². The molecule has 0 bridgehead atoms. The Labute approximate surface area is 92.2 Å². The minimum absolute atomic E-state index is 0.201. The van der Waals surface area contributed by atoms with Crippen LogP contribution in [0.1, 0.15) is 18.4 Å². The zero-order valence-corrected chi connectivity index (χ0v) is 8.55. The van der Waals surface area contributed by atoms with Crippen molar-refractivity contribution in [3.8, 4) is 18.1 Å². The van der Waals surface area contributed by atoms with Crippen LogP contribution in [0.3, 0.4) is 0 Å². The van der Waals surface area contributed by atoms with Gasteiger partial charge >= 0.3 is 6.36 Å². The molecule has 86 valence electrons. The Morgan fingerprint density at radius 1 is 1.19 bits per heavy atom. The van der Waals surface area contributed by atoms with Gasteiger partial charge in [0.2, 0.25) is 0 Å². The molecule has 0 aliphatic heterocycles. The van der Waals surface area contributed by atoms with E-state index in [1.54, 1.807) is 12.1 Å². The molecule has 1 nitrogen and oxygen atoms in total. The van der Waals surface area contributed by atoms with E-state index in [9.17, 15) is 13.2 Å². The Hall–Kier alpha value is -1.63. The molecule has 0 saturated carbocycles. The van der Waals surface area contributed by atoms with Gasteiger partial charge in [-0.1, -0.05) is 12.1 Å². The normalized spacial score (nSPS) is 10.9. The molecule has 4 heteroatoms. The lowest BCUT2D eigenvalue weighted by molar-refractivity contribution is -0.274. The summed E-state index contributed by atoms with van der Waals surface area (Å²) < 4.78 is 39.3. The van der Waals surface area contributed by atoms with Crippen LogP contribution < -0.4 is 4.74 Å². The first-order chi connectivity index (χ1) is 7.51. The molecule has 0 spiro atoms. The minimum Gasteiger partial charge on any atom is -0.406 e. The number of hydrogen-bond donors (Lipinski definition) is 0. The Balaban J connectivity index is 2.52. The van der Waals surface area contributed by atoms with Crippen LogP contribution in [0.2, 0.25) is 0 Å². The molecule has 0 saturated heterocycles. The van der Waals surface area contributed by atoms with Crippen molar-refractivity contribution in [1.82, 2.24) is 0 Å². The van der Waals surface area contributed by atoms with E-state index in [1.165, 1.54) is 12.1 Å². The SMILES string of the molecule is C#CCCCc1ccc(OC(F)(F)F)cc1. The first-order valence-electron chi connectivity index (χ1n) is 4.79. The molecule has 0 atom stereocenters. The van der Waals surface area contributed by atoms with Crippen molar-refractivity contribution in [1.29, 1.82) is 0 Å². The van der Waals surface area contributed by atoms with Crippen molar-refractivity contribution in [3.63, 3.8) is 0 Å². The first kappa shape index (κ1) is 12.4. The number of alkyl halides is 3. The Bertz CT molecular complexity index is 359. The number of halogens is 3. The molecule has 16 heavy (non-hydrogen) atoms. The summed E-state index contributed by atoms with van der Waals surface area (Å²) in [6.45, 7) is 0. The van der Waals surface area contributed by atoms with Crippen LogP contribution >= 0.6 is 0 Å². The zero-order valence-electron chi connectivity index (χ0n) is 8.55. The highest BCUT2D eigenvalue weighted by Crippen LogP contribution is 2.22. The van der Waals surface area contributed by atoms with Crippen LogP contribution in [0.15, 0.2) is 24.3 Å². The van der Waals surface area contributed by atoms with E-state index in [0.29, 0.717) is 6.42 Å². The average molecular weight is 228 g/mol. The lowest BCUT2D eigenvalue weighted by Crippen LogP contribution is -2.17. The number of aryl methyl sites for hydroxylation is 1. The largest absolute Gasteiger partial charge is 0.573 e. The van der Waals surface area contributed by atoms with Gasteiger partial charge in [0, 0.05) is 6.42 Å². The third kappa shape index (κ3) is 4.74. The molecule has 0 heterocycles. The van der Waals surface area contributed by atoms with Crippen LogP contribution in [-0.4, -0.2) is 6.36 Å². The maximum absolute atomic E-state index is 11.8. The first-order valence-corrected chi connectivity index (χ1v) is 4.79. The third-order valence-corrected chi connectivity index (χ3v) is 1.94. The fourth-order valence-corrected chi connectivity index (χ4v) is 1.25. The number of unbranched alkanes of at least 4 members (excludes halogenated alkanes) is 1. The van der Waals surface area contributed by atoms with E-state index in [4.69, 9.17) is 6.42 Å². The molecule has 0 radical (unpaired) electrons. The van der Waals surface area contributed by atoms with Crippen LogP contribution in [0.25, 0.3) is 0 Å². The summed E-state index contributed by atoms with van der Waals surface area (Å²) in [6, 6.07) is 5.83. The van der Waals surface area contributed by atoms with Crippen molar-refractivity contribution >= 4 is 0 Å². The highest BCUT2D eigenvalue weighted by Gasteiger charge is 2.30. The molecule has 0 aliphatic carbocycles. The fraction of sp³-hybridized carbons (Fsp3) is 0.333. The van der Waals surface area contributed by atoms with Crippen LogP contribution in [0.4, 0.5) is 13.2 Å².